The molecule has 134 valence electrons. The Morgan fingerprint density at radius 1 is 1.40 bits per heavy atom. The molecule has 0 unspecified atom stereocenters. The molecule has 0 saturated heterocycles. The molecule has 2 aromatic rings. The third kappa shape index (κ3) is 4.58. The fourth-order valence-corrected chi connectivity index (χ4v) is 2.96. The monoisotopic (exact) mass is 364 g/mol. The van der Waals surface area contributed by atoms with Gasteiger partial charge in [-0.1, -0.05) is 6.07 Å². The molecule has 3 rings (SSSR count). The maximum Gasteiger partial charge on any atom is 0.276 e. The minimum absolute atomic E-state index is 0.0595. The van der Waals surface area contributed by atoms with E-state index in [1.165, 1.54) is 0 Å². The number of H-pyrrole nitrogens is 1. The van der Waals surface area contributed by atoms with Gasteiger partial charge in [-0.3, -0.25) is 9.89 Å². The minimum Gasteiger partial charge on any atom is -0.492 e. The molecule has 1 aromatic heterocycles. The predicted molar refractivity (Wildman–Crippen MR) is 93.6 cm³/mol. The Morgan fingerprint density at radius 2 is 2.24 bits per heavy atom. The van der Waals surface area contributed by atoms with Gasteiger partial charge in [-0.05, 0) is 12.1 Å². The second-order valence-corrected chi connectivity index (χ2v) is 8.18. The highest BCUT2D eigenvalue weighted by Crippen LogP contribution is 2.20. The standard InChI is InChI=1S/C16H20N4O4S/c1-25(22,23)8-7-24-12-4-2-3-11(9-12)18-16(21)15-13-10-17-6-5-14(13)19-20-15/h2-4,9,17H,5-8,10H2,1H3,(H,18,21)(H,19,20). The number of amides is 1. The molecule has 2 heterocycles. The van der Waals surface area contributed by atoms with Crippen molar-refractivity contribution in [3.05, 3.63) is 41.2 Å². The normalized spacial score (nSPS) is 14.0. The number of sulfone groups is 1. The van der Waals surface area contributed by atoms with E-state index in [0.29, 0.717) is 23.7 Å². The first-order chi connectivity index (χ1) is 11.9. The van der Waals surface area contributed by atoms with Crippen molar-refractivity contribution >= 4 is 21.4 Å². The van der Waals surface area contributed by atoms with E-state index in [4.69, 9.17) is 4.74 Å². The molecule has 1 aromatic carbocycles. The predicted octanol–water partition coefficient (Wildman–Crippen LogP) is 0.731. The molecule has 0 saturated carbocycles. The number of benzene rings is 1. The second kappa shape index (κ2) is 7.24. The van der Waals surface area contributed by atoms with Gasteiger partial charge in [-0.25, -0.2) is 8.42 Å². The summed E-state index contributed by atoms with van der Waals surface area (Å²) in [6.45, 7) is 1.54. The van der Waals surface area contributed by atoms with Crippen LogP contribution in [0.5, 0.6) is 5.75 Å². The zero-order chi connectivity index (χ0) is 17.9. The Balaban J connectivity index is 1.65. The quantitative estimate of drug-likeness (QED) is 0.696. The van der Waals surface area contributed by atoms with E-state index in [1.807, 2.05) is 0 Å². The molecule has 0 bridgehead atoms. The van der Waals surface area contributed by atoms with Crippen molar-refractivity contribution in [1.82, 2.24) is 15.5 Å². The third-order valence-corrected chi connectivity index (χ3v) is 4.74. The van der Waals surface area contributed by atoms with Crippen LogP contribution in [-0.4, -0.2) is 49.7 Å². The van der Waals surface area contributed by atoms with E-state index < -0.39 is 9.84 Å². The number of hydrogen-bond acceptors (Lipinski definition) is 6. The highest BCUT2D eigenvalue weighted by molar-refractivity contribution is 7.90. The largest absolute Gasteiger partial charge is 0.492 e. The minimum atomic E-state index is -3.07. The summed E-state index contributed by atoms with van der Waals surface area (Å²) in [5, 5.41) is 13.0. The highest BCUT2D eigenvalue weighted by atomic mass is 32.2. The highest BCUT2D eigenvalue weighted by Gasteiger charge is 2.21. The molecule has 0 fully saturated rings. The van der Waals surface area contributed by atoms with Crippen LogP contribution in [0.3, 0.4) is 0 Å². The van der Waals surface area contributed by atoms with Crippen molar-refractivity contribution in [3.8, 4) is 5.75 Å². The number of fused-ring (bicyclic) bond motifs is 1. The summed E-state index contributed by atoms with van der Waals surface area (Å²) in [7, 11) is -3.07. The smallest absolute Gasteiger partial charge is 0.276 e. The summed E-state index contributed by atoms with van der Waals surface area (Å²) in [5.74, 6) is 0.136. The Morgan fingerprint density at radius 3 is 3.04 bits per heavy atom. The third-order valence-electron chi connectivity index (χ3n) is 3.84. The number of carbonyl (C=O) groups excluding carboxylic acids is 1. The molecule has 1 aliphatic rings. The van der Waals surface area contributed by atoms with Crippen molar-refractivity contribution in [2.75, 3.05) is 30.5 Å². The summed E-state index contributed by atoms with van der Waals surface area (Å²) < 4.78 is 27.7. The maximum absolute atomic E-state index is 12.5. The number of nitrogens with zero attached hydrogens (tertiary/aromatic N) is 1. The van der Waals surface area contributed by atoms with E-state index in [-0.39, 0.29) is 18.3 Å². The van der Waals surface area contributed by atoms with Gasteiger partial charge in [0.05, 0.1) is 5.75 Å². The van der Waals surface area contributed by atoms with Crippen molar-refractivity contribution in [2.24, 2.45) is 0 Å². The van der Waals surface area contributed by atoms with Gasteiger partial charge < -0.3 is 15.4 Å². The first-order valence-electron chi connectivity index (χ1n) is 7.91. The van der Waals surface area contributed by atoms with Crippen LogP contribution in [0, 0.1) is 0 Å². The molecule has 1 amide bonds. The number of aromatic amines is 1. The maximum atomic E-state index is 12.5. The first-order valence-corrected chi connectivity index (χ1v) is 9.97. The van der Waals surface area contributed by atoms with Crippen LogP contribution in [0.1, 0.15) is 21.7 Å². The Kier molecular flexibility index (Phi) is 5.05. The number of carbonyl (C=O) groups is 1. The van der Waals surface area contributed by atoms with Crippen LogP contribution in [-0.2, 0) is 22.8 Å². The summed E-state index contributed by atoms with van der Waals surface area (Å²) in [6.07, 6.45) is 1.98. The van der Waals surface area contributed by atoms with E-state index in [1.54, 1.807) is 24.3 Å². The average Bonchev–Trinajstić information content (AvgIpc) is 2.98. The number of hydrogen-bond donors (Lipinski definition) is 3. The molecular formula is C16H20N4O4S. The molecule has 3 N–H and O–H groups in total. The van der Waals surface area contributed by atoms with Gasteiger partial charge in [0.15, 0.2) is 15.5 Å². The van der Waals surface area contributed by atoms with Gasteiger partial charge in [0.2, 0.25) is 0 Å². The number of nitrogens with one attached hydrogen (secondary N) is 3. The molecule has 0 radical (unpaired) electrons. The molecule has 25 heavy (non-hydrogen) atoms. The molecule has 9 heteroatoms. The summed E-state index contributed by atoms with van der Waals surface area (Å²) in [6, 6.07) is 6.82. The average molecular weight is 364 g/mol. The van der Waals surface area contributed by atoms with Gasteiger partial charge in [0.1, 0.15) is 12.4 Å². The molecule has 8 nitrogen and oxygen atoms in total. The van der Waals surface area contributed by atoms with E-state index >= 15 is 0 Å². The van der Waals surface area contributed by atoms with E-state index in [0.717, 1.165) is 30.5 Å². The summed E-state index contributed by atoms with van der Waals surface area (Å²) in [4.78, 5) is 12.5. The Hall–Kier alpha value is -2.39. The zero-order valence-electron chi connectivity index (χ0n) is 13.8. The van der Waals surface area contributed by atoms with Gasteiger partial charge >= 0.3 is 0 Å². The van der Waals surface area contributed by atoms with Crippen molar-refractivity contribution < 1.29 is 17.9 Å². The van der Waals surface area contributed by atoms with Crippen molar-refractivity contribution in [1.29, 1.82) is 0 Å². The SMILES string of the molecule is CS(=O)(=O)CCOc1cccc(NC(=O)c2n[nH]c3c2CNCC3)c1. The zero-order valence-corrected chi connectivity index (χ0v) is 14.6. The summed E-state index contributed by atoms with van der Waals surface area (Å²) in [5.41, 5.74) is 2.82. The lowest BCUT2D eigenvalue weighted by molar-refractivity contribution is 0.102. The lowest BCUT2D eigenvalue weighted by Crippen LogP contribution is -2.25. The molecular weight excluding hydrogens is 344 g/mol. The second-order valence-electron chi connectivity index (χ2n) is 5.92. The number of rotatable bonds is 6. The summed E-state index contributed by atoms with van der Waals surface area (Å²) >= 11 is 0. The molecule has 0 atom stereocenters. The van der Waals surface area contributed by atoms with E-state index in [9.17, 15) is 13.2 Å². The lowest BCUT2D eigenvalue weighted by atomic mass is 10.1. The van der Waals surface area contributed by atoms with Crippen LogP contribution in [0.25, 0.3) is 0 Å². The van der Waals surface area contributed by atoms with Crippen LogP contribution in [0.15, 0.2) is 24.3 Å². The van der Waals surface area contributed by atoms with Crippen LogP contribution < -0.4 is 15.4 Å². The fraction of sp³-hybridized carbons (Fsp3) is 0.375. The number of ether oxygens (including phenoxy) is 1. The molecule has 1 aliphatic heterocycles. The fourth-order valence-electron chi connectivity index (χ4n) is 2.58. The van der Waals surface area contributed by atoms with Crippen LogP contribution in [0.4, 0.5) is 5.69 Å². The van der Waals surface area contributed by atoms with Gasteiger partial charge in [0.25, 0.3) is 5.91 Å². The Labute approximate surface area is 145 Å². The Bertz CT molecular complexity index is 876. The molecule has 0 aliphatic carbocycles. The van der Waals surface area contributed by atoms with Crippen LogP contribution in [0.2, 0.25) is 0 Å². The van der Waals surface area contributed by atoms with Gasteiger partial charge in [-0.2, -0.15) is 5.10 Å². The first kappa shape index (κ1) is 17.4. The van der Waals surface area contributed by atoms with E-state index in [2.05, 4.69) is 20.8 Å². The lowest BCUT2D eigenvalue weighted by Gasteiger charge is -2.13. The van der Waals surface area contributed by atoms with Crippen molar-refractivity contribution in [2.45, 2.75) is 13.0 Å². The number of anilines is 1. The number of aromatic nitrogens is 2. The topological polar surface area (TPSA) is 113 Å². The van der Waals surface area contributed by atoms with Gasteiger partial charge in [-0.15, -0.1) is 0 Å². The van der Waals surface area contributed by atoms with Gasteiger partial charge in [0, 0.05) is 48.8 Å². The van der Waals surface area contributed by atoms with Crippen molar-refractivity contribution in [3.63, 3.8) is 0 Å². The van der Waals surface area contributed by atoms with Crippen LogP contribution >= 0.6 is 0 Å². The molecule has 0 spiro atoms.